The van der Waals surface area contributed by atoms with Gasteiger partial charge in [-0.1, -0.05) is 6.07 Å². The topological polar surface area (TPSA) is 75.9 Å². The summed E-state index contributed by atoms with van der Waals surface area (Å²) in [5.41, 5.74) is 9.37. The van der Waals surface area contributed by atoms with Gasteiger partial charge in [-0.2, -0.15) is 4.98 Å². The van der Waals surface area contributed by atoms with Crippen LogP contribution in [0.25, 0.3) is 10.9 Å². The highest BCUT2D eigenvalue weighted by atomic mass is 15.2. The van der Waals surface area contributed by atoms with Crippen molar-refractivity contribution in [2.24, 2.45) is 0 Å². The van der Waals surface area contributed by atoms with E-state index in [2.05, 4.69) is 40.5 Å². The maximum absolute atomic E-state index is 6.09. The van der Waals surface area contributed by atoms with Crippen LogP contribution < -0.4 is 16.4 Å². The Bertz CT molecular complexity index is 617. The molecular weight excluding hydrogens is 238 g/mol. The third-order valence-corrected chi connectivity index (χ3v) is 3.82. The molecule has 5 nitrogen and oxygen atoms in total. The minimum atomic E-state index is 0.392. The van der Waals surface area contributed by atoms with Crippen LogP contribution in [0, 0.1) is 13.8 Å². The molecule has 1 saturated heterocycles. The van der Waals surface area contributed by atoms with Gasteiger partial charge in [-0.15, -0.1) is 0 Å². The molecule has 1 unspecified atom stereocenters. The zero-order valence-corrected chi connectivity index (χ0v) is 11.3. The Morgan fingerprint density at radius 3 is 2.89 bits per heavy atom. The summed E-state index contributed by atoms with van der Waals surface area (Å²) in [5.74, 6) is 1.18. The molecule has 0 amide bonds. The summed E-state index contributed by atoms with van der Waals surface area (Å²) in [6.07, 6.45) is 1.09. The van der Waals surface area contributed by atoms with Crippen molar-refractivity contribution in [3.05, 3.63) is 23.3 Å². The number of hydrogen-bond donors (Lipinski definition) is 3. The molecule has 19 heavy (non-hydrogen) atoms. The number of nitrogens with two attached hydrogens (primary N) is 1. The van der Waals surface area contributed by atoms with Crippen LogP contribution in [0.2, 0.25) is 0 Å². The standard InChI is InChI=1S/C14H19N5/c1-8-3-4-11-12(9(8)2)13(15)19-14(18-11)17-10-5-6-16-7-10/h3-4,10,16H,5-7H2,1-2H3,(H3,15,17,18,19). The van der Waals surface area contributed by atoms with E-state index < -0.39 is 0 Å². The van der Waals surface area contributed by atoms with Crippen LogP contribution in [0.5, 0.6) is 0 Å². The maximum atomic E-state index is 6.09. The fourth-order valence-corrected chi connectivity index (χ4v) is 2.55. The van der Waals surface area contributed by atoms with Gasteiger partial charge >= 0.3 is 0 Å². The summed E-state index contributed by atoms with van der Waals surface area (Å²) in [6, 6.07) is 4.47. The third kappa shape index (κ3) is 2.21. The van der Waals surface area contributed by atoms with Crippen LogP contribution in [0.1, 0.15) is 17.5 Å². The summed E-state index contributed by atoms with van der Waals surface area (Å²) in [5, 5.41) is 7.62. The summed E-state index contributed by atoms with van der Waals surface area (Å²) < 4.78 is 0. The molecule has 0 bridgehead atoms. The molecule has 5 heteroatoms. The molecule has 1 aliphatic rings. The molecule has 0 radical (unpaired) electrons. The highest BCUT2D eigenvalue weighted by Crippen LogP contribution is 2.25. The van der Waals surface area contributed by atoms with Gasteiger partial charge in [0.05, 0.1) is 5.52 Å². The summed E-state index contributed by atoms with van der Waals surface area (Å²) in [7, 11) is 0. The van der Waals surface area contributed by atoms with E-state index >= 15 is 0 Å². The minimum absolute atomic E-state index is 0.392. The molecule has 100 valence electrons. The predicted molar refractivity (Wildman–Crippen MR) is 78.3 cm³/mol. The summed E-state index contributed by atoms with van der Waals surface area (Å²) >= 11 is 0. The SMILES string of the molecule is Cc1ccc2nc(NC3CCNC3)nc(N)c2c1C. The first kappa shape index (κ1) is 12.2. The van der Waals surface area contributed by atoms with Gasteiger partial charge in [-0.25, -0.2) is 4.98 Å². The van der Waals surface area contributed by atoms with Crippen LogP contribution in [-0.4, -0.2) is 29.1 Å². The van der Waals surface area contributed by atoms with Crippen molar-refractivity contribution in [1.29, 1.82) is 0 Å². The van der Waals surface area contributed by atoms with Crippen molar-refractivity contribution < 1.29 is 0 Å². The van der Waals surface area contributed by atoms with E-state index in [0.717, 1.165) is 36.0 Å². The molecule has 1 fully saturated rings. The Morgan fingerprint density at radius 1 is 1.32 bits per heavy atom. The van der Waals surface area contributed by atoms with Crippen LogP contribution in [0.3, 0.4) is 0 Å². The molecule has 1 aromatic carbocycles. The Balaban J connectivity index is 2.02. The number of aryl methyl sites for hydroxylation is 2. The van der Waals surface area contributed by atoms with E-state index in [0.29, 0.717) is 17.8 Å². The van der Waals surface area contributed by atoms with E-state index in [4.69, 9.17) is 5.73 Å². The average molecular weight is 257 g/mol. The molecule has 1 aliphatic heterocycles. The molecule has 1 aromatic heterocycles. The molecule has 4 N–H and O–H groups in total. The number of rotatable bonds is 2. The second-order valence-electron chi connectivity index (χ2n) is 5.17. The largest absolute Gasteiger partial charge is 0.383 e. The van der Waals surface area contributed by atoms with Crippen molar-refractivity contribution in [2.45, 2.75) is 26.3 Å². The van der Waals surface area contributed by atoms with Crippen molar-refractivity contribution >= 4 is 22.7 Å². The fraction of sp³-hybridized carbons (Fsp3) is 0.429. The number of nitrogen functional groups attached to an aromatic ring is 1. The lowest BCUT2D eigenvalue weighted by Gasteiger charge is -2.14. The lowest BCUT2D eigenvalue weighted by molar-refractivity contribution is 0.782. The average Bonchev–Trinajstić information content (AvgIpc) is 2.86. The molecule has 1 atom stereocenters. The van der Waals surface area contributed by atoms with Gasteiger partial charge in [0.1, 0.15) is 5.82 Å². The number of anilines is 2. The number of nitrogens with one attached hydrogen (secondary N) is 2. The van der Waals surface area contributed by atoms with E-state index in [9.17, 15) is 0 Å². The maximum Gasteiger partial charge on any atom is 0.225 e. The number of aromatic nitrogens is 2. The highest BCUT2D eigenvalue weighted by molar-refractivity contribution is 5.92. The van der Waals surface area contributed by atoms with Crippen molar-refractivity contribution in [3.63, 3.8) is 0 Å². The first-order valence-electron chi connectivity index (χ1n) is 6.66. The van der Waals surface area contributed by atoms with E-state index in [1.165, 1.54) is 5.56 Å². The highest BCUT2D eigenvalue weighted by Gasteiger charge is 2.16. The third-order valence-electron chi connectivity index (χ3n) is 3.82. The number of fused-ring (bicyclic) bond motifs is 1. The van der Waals surface area contributed by atoms with Gasteiger partial charge in [0.25, 0.3) is 0 Å². The number of nitrogens with zero attached hydrogens (tertiary/aromatic N) is 2. The zero-order valence-electron chi connectivity index (χ0n) is 11.3. The van der Waals surface area contributed by atoms with Gasteiger partial charge in [0, 0.05) is 18.0 Å². The van der Waals surface area contributed by atoms with Crippen LogP contribution >= 0.6 is 0 Å². The molecule has 2 aromatic rings. The Kier molecular flexibility index (Phi) is 2.98. The second-order valence-corrected chi connectivity index (χ2v) is 5.17. The van der Waals surface area contributed by atoms with Crippen molar-refractivity contribution in [1.82, 2.24) is 15.3 Å². The molecule has 0 spiro atoms. The quantitative estimate of drug-likeness (QED) is 0.762. The Hall–Kier alpha value is -1.88. The van der Waals surface area contributed by atoms with E-state index in [1.54, 1.807) is 0 Å². The monoisotopic (exact) mass is 257 g/mol. The normalized spacial score (nSPS) is 18.9. The number of benzene rings is 1. The first-order chi connectivity index (χ1) is 9.15. The minimum Gasteiger partial charge on any atom is -0.383 e. The molecule has 3 rings (SSSR count). The van der Waals surface area contributed by atoms with Gasteiger partial charge in [-0.3, -0.25) is 0 Å². The lowest BCUT2D eigenvalue weighted by Crippen LogP contribution is -2.23. The Morgan fingerprint density at radius 2 is 2.16 bits per heavy atom. The zero-order chi connectivity index (χ0) is 13.4. The van der Waals surface area contributed by atoms with Gasteiger partial charge in [0.2, 0.25) is 5.95 Å². The summed E-state index contributed by atoms with van der Waals surface area (Å²) in [4.78, 5) is 8.97. The molecule has 2 heterocycles. The second kappa shape index (κ2) is 4.66. The van der Waals surface area contributed by atoms with Gasteiger partial charge in [0.15, 0.2) is 0 Å². The first-order valence-corrected chi connectivity index (χ1v) is 6.66. The lowest BCUT2D eigenvalue weighted by atomic mass is 10.0. The molecular formula is C14H19N5. The van der Waals surface area contributed by atoms with Crippen molar-refractivity contribution in [3.8, 4) is 0 Å². The van der Waals surface area contributed by atoms with E-state index in [-0.39, 0.29) is 0 Å². The number of hydrogen-bond acceptors (Lipinski definition) is 5. The van der Waals surface area contributed by atoms with Crippen LogP contribution in [0.4, 0.5) is 11.8 Å². The van der Waals surface area contributed by atoms with Crippen LogP contribution in [-0.2, 0) is 0 Å². The summed E-state index contributed by atoms with van der Waals surface area (Å²) in [6.45, 7) is 6.13. The fourth-order valence-electron chi connectivity index (χ4n) is 2.55. The van der Waals surface area contributed by atoms with Gasteiger partial charge < -0.3 is 16.4 Å². The molecule has 0 aliphatic carbocycles. The predicted octanol–water partition coefficient (Wildman–Crippen LogP) is 1.60. The Labute approximate surface area is 112 Å². The van der Waals surface area contributed by atoms with Gasteiger partial charge in [-0.05, 0) is 44.0 Å². The smallest absolute Gasteiger partial charge is 0.225 e. The van der Waals surface area contributed by atoms with E-state index in [1.807, 2.05) is 6.07 Å². The molecule has 0 saturated carbocycles. The van der Waals surface area contributed by atoms with Crippen LogP contribution in [0.15, 0.2) is 12.1 Å². The van der Waals surface area contributed by atoms with Crippen molar-refractivity contribution in [2.75, 3.05) is 24.1 Å².